The van der Waals surface area contributed by atoms with Crippen molar-refractivity contribution in [2.75, 3.05) is 19.6 Å². The molecule has 1 aromatic heterocycles. The SMILES string of the molecule is Cc1cc(C(=O)NCCCn2cccn2)cc(S(=O)(=O)N2CCC(C)CC2)c1C. The van der Waals surface area contributed by atoms with Gasteiger partial charge in [-0.15, -0.1) is 0 Å². The van der Waals surface area contributed by atoms with E-state index in [1.54, 1.807) is 23.5 Å². The van der Waals surface area contributed by atoms with Gasteiger partial charge in [-0.25, -0.2) is 8.42 Å². The number of nitrogens with zero attached hydrogens (tertiary/aromatic N) is 3. The van der Waals surface area contributed by atoms with Crippen LogP contribution in [0.2, 0.25) is 0 Å². The van der Waals surface area contributed by atoms with Gasteiger partial charge in [-0.1, -0.05) is 6.92 Å². The lowest BCUT2D eigenvalue weighted by Gasteiger charge is -2.30. The minimum absolute atomic E-state index is 0.244. The molecule has 0 radical (unpaired) electrons. The number of carbonyl (C=O) groups excluding carboxylic acids is 1. The minimum Gasteiger partial charge on any atom is -0.352 e. The molecule has 1 fully saturated rings. The van der Waals surface area contributed by atoms with Crippen LogP contribution in [0.5, 0.6) is 0 Å². The summed E-state index contributed by atoms with van der Waals surface area (Å²) in [7, 11) is -3.61. The average molecular weight is 419 g/mol. The van der Waals surface area contributed by atoms with E-state index in [1.165, 1.54) is 6.07 Å². The molecule has 1 aliphatic heterocycles. The molecule has 3 rings (SSSR count). The van der Waals surface area contributed by atoms with Gasteiger partial charge in [-0.2, -0.15) is 9.40 Å². The van der Waals surface area contributed by atoms with Crippen molar-refractivity contribution in [3.8, 4) is 0 Å². The Morgan fingerprint density at radius 1 is 1.24 bits per heavy atom. The molecule has 2 aromatic rings. The topological polar surface area (TPSA) is 84.3 Å². The molecule has 1 N–H and O–H groups in total. The Morgan fingerprint density at radius 2 is 1.97 bits per heavy atom. The molecule has 1 saturated heterocycles. The van der Waals surface area contributed by atoms with Crippen LogP contribution >= 0.6 is 0 Å². The number of hydrogen-bond acceptors (Lipinski definition) is 4. The third kappa shape index (κ3) is 5.05. The van der Waals surface area contributed by atoms with Crippen molar-refractivity contribution in [2.24, 2.45) is 5.92 Å². The predicted octanol–water partition coefficient (Wildman–Crippen LogP) is 2.74. The van der Waals surface area contributed by atoms with E-state index < -0.39 is 10.0 Å². The zero-order valence-corrected chi connectivity index (χ0v) is 18.2. The number of sulfonamides is 1. The third-order valence-electron chi connectivity index (χ3n) is 5.65. The molecule has 1 amide bonds. The van der Waals surface area contributed by atoms with Crippen LogP contribution in [0, 0.1) is 19.8 Å². The second kappa shape index (κ2) is 9.09. The molecule has 158 valence electrons. The van der Waals surface area contributed by atoms with Crippen LogP contribution in [-0.2, 0) is 16.6 Å². The summed E-state index contributed by atoms with van der Waals surface area (Å²) in [4.78, 5) is 12.9. The van der Waals surface area contributed by atoms with Crippen LogP contribution in [0.1, 0.15) is 47.7 Å². The van der Waals surface area contributed by atoms with Crippen molar-refractivity contribution >= 4 is 15.9 Å². The zero-order valence-electron chi connectivity index (χ0n) is 17.4. The lowest BCUT2D eigenvalue weighted by Crippen LogP contribution is -2.38. The van der Waals surface area contributed by atoms with E-state index in [-0.39, 0.29) is 10.8 Å². The van der Waals surface area contributed by atoms with Crippen molar-refractivity contribution in [3.63, 3.8) is 0 Å². The van der Waals surface area contributed by atoms with Gasteiger partial charge in [-0.3, -0.25) is 9.48 Å². The highest BCUT2D eigenvalue weighted by Gasteiger charge is 2.30. The van der Waals surface area contributed by atoms with Crippen molar-refractivity contribution in [1.82, 2.24) is 19.4 Å². The lowest BCUT2D eigenvalue weighted by atomic mass is 10.0. The summed E-state index contributed by atoms with van der Waals surface area (Å²) in [5.41, 5.74) is 1.90. The standard InChI is InChI=1S/C21H30N4O3S/c1-16-6-12-25(13-7-16)29(27,28)20-15-19(14-17(2)18(20)3)21(26)22-8-4-10-24-11-5-9-23-24/h5,9,11,14-16H,4,6-8,10,12-13H2,1-3H3,(H,22,26). The Bertz CT molecular complexity index is 947. The number of aromatic nitrogens is 2. The van der Waals surface area contributed by atoms with Crippen LogP contribution in [0.25, 0.3) is 0 Å². The molecule has 0 bridgehead atoms. The van der Waals surface area contributed by atoms with Crippen molar-refractivity contribution < 1.29 is 13.2 Å². The summed E-state index contributed by atoms with van der Waals surface area (Å²) in [5.74, 6) is 0.292. The molecule has 1 aromatic carbocycles. The first-order chi connectivity index (χ1) is 13.8. The van der Waals surface area contributed by atoms with E-state index in [9.17, 15) is 13.2 Å². The minimum atomic E-state index is -3.61. The molecule has 1 aliphatic rings. The first-order valence-corrected chi connectivity index (χ1v) is 11.6. The maximum Gasteiger partial charge on any atom is 0.251 e. The lowest BCUT2D eigenvalue weighted by molar-refractivity contribution is 0.0952. The number of carbonyl (C=O) groups is 1. The van der Waals surface area contributed by atoms with Gasteiger partial charge in [-0.05, 0) is 68.4 Å². The fourth-order valence-electron chi connectivity index (χ4n) is 3.57. The van der Waals surface area contributed by atoms with Crippen LogP contribution in [0.15, 0.2) is 35.5 Å². The van der Waals surface area contributed by atoms with Crippen molar-refractivity contribution in [1.29, 1.82) is 0 Å². The fraction of sp³-hybridized carbons (Fsp3) is 0.524. The summed E-state index contributed by atoms with van der Waals surface area (Å²) < 4.78 is 29.8. The van der Waals surface area contributed by atoms with Crippen LogP contribution in [0.3, 0.4) is 0 Å². The molecule has 7 nitrogen and oxygen atoms in total. The highest BCUT2D eigenvalue weighted by Crippen LogP contribution is 2.28. The monoisotopic (exact) mass is 418 g/mol. The molecule has 2 heterocycles. The first-order valence-electron chi connectivity index (χ1n) is 10.2. The highest BCUT2D eigenvalue weighted by atomic mass is 32.2. The molecule has 29 heavy (non-hydrogen) atoms. The van der Waals surface area contributed by atoms with Gasteiger partial charge in [0.15, 0.2) is 0 Å². The Kier molecular flexibility index (Phi) is 6.74. The molecular formula is C21H30N4O3S. The summed E-state index contributed by atoms with van der Waals surface area (Å²) in [6.45, 7) is 8.08. The van der Waals surface area contributed by atoms with Gasteiger partial charge in [0.05, 0.1) is 4.90 Å². The van der Waals surface area contributed by atoms with E-state index in [0.717, 1.165) is 24.8 Å². The largest absolute Gasteiger partial charge is 0.352 e. The van der Waals surface area contributed by atoms with Gasteiger partial charge >= 0.3 is 0 Å². The fourth-order valence-corrected chi connectivity index (χ4v) is 5.36. The first kappa shape index (κ1) is 21.5. The summed E-state index contributed by atoms with van der Waals surface area (Å²) in [6.07, 6.45) is 6.08. The van der Waals surface area contributed by atoms with E-state index >= 15 is 0 Å². The van der Waals surface area contributed by atoms with Gasteiger partial charge in [0, 0.05) is 44.1 Å². The number of nitrogens with one attached hydrogen (secondary N) is 1. The Balaban J connectivity index is 1.72. The van der Waals surface area contributed by atoms with Crippen molar-refractivity contribution in [2.45, 2.75) is 51.5 Å². The third-order valence-corrected chi connectivity index (χ3v) is 7.68. The number of benzene rings is 1. The maximum atomic E-state index is 13.2. The Labute approximate surface area is 173 Å². The zero-order chi connectivity index (χ0) is 21.0. The molecule has 0 unspecified atom stereocenters. The van der Waals surface area contributed by atoms with Gasteiger partial charge < -0.3 is 5.32 Å². The summed E-state index contributed by atoms with van der Waals surface area (Å²) in [6, 6.07) is 5.15. The second-order valence-electron chi connectivity index (χ2n) is 7.88. The van der Waals surface area contributed by atoms with E-state index in [4.69, 9.17) is 0 Å². The predicted molar refractivity (Wildman–Crippen MR) is 112 cm³/mol. The number of aryl methyl sites for hydroxylation is 2. The van der Waals surface area contributed by atoms with E-state index in [1.807, 2.05) is 23.9 Å². The normalized spacial score (nSPS) is 16.1. The number of amides is 1. The summed E-state index contributed by atoms with van der Waals surface area (Å²) >= 11 is 0. The Hall–Kier alpha value is -2.19. The number of hydrogen-bond donors (Lipinski definition) is 1. The smallest absolute Gasteiger partial charge is 0.251 e. The second-order valence-corrected chi connectivity index (χ2v) is 9.79. The molecule has 8 heteroatoms. The van der Waals surface area contributed by atoms with Gasteiger partial charge in [0.2, 0.25) is 10.0 Å². The maximum absolute atomic E-state index is 13.2. The number of rotatable bonds is 7. The molecule has 0 saturated carbocycles. The number of piperidine rings is 1. The van der Waals surface area contributed by atoms with Crippen LogP contribution in [-0.4, -0.2) is 48.0 Å². The van der Waals surface area contributed by atoms with E-state index in [2.05, 4.69) is 17.3 Å². The molecule has 0 spiro atoms. The molecular weight excluding hydrogens is 388 g/mol. The van der Waals surface area contributed by atoms with Crippen LogP contribution < -0.4 is 5.32 Å². The highest BCUT2D eigenvalue weighted by molar-refractivity contribution is 7.89. The van der Waals surface area contributed by atoms with Crippen LogP contribution in [0.4, 0.5) is 0 Å². The molecule has 0 atom stereocenters. The average Bonchev–Trinajstić information content (AvgIpc) is 3.20. The Morgan fingerprint density at radius 3 is 2.62 bits per heavy atom. The quantitative estimate of drug-likeness (QED) is 0.701. The van der Waals surface area contributed by atoms with E-state index in [0.29, 0.717) is 43.2 Å². The summed E-state index contributed by atoms with van der Waals surface area (Å²) in [5, 5.41) is 7.02. The molecule has 0 aliphatic carbocycles. The van der Waals surface area contributed by atoms with Crippen molar-refractivity contribution in [3.05, 3.63) is 47.3 Å². The van der Waals surface area contributed by atoms with Gasteiger partial charge in [0.25, 0.3) is 5.91 Å². The van der Waals surface area contributed by atoms with Gasteiger partial charge in [0.1, 0.15) is 0 Å².